The van der Waals surface area contributed by atoms with Gasteiger partial charge in [-0.1, -0.05) is 23.2 Å². The van der Waals surface area contributed by atoms with Gasteiger partial charge in [-0.3, -0.25) is 10.1 Å². The van der Waals surface area contributed by atoms with Crippen molar-refractivity contribution in [1.82, 2.24) is 0 Å². The fourth-order valence-electron chi connectivity index (χ4n) is 0.970. The lowest BCUT2D eigenvalue weighted by Crippen LogP contribution is -2.21. The Balaban J connectivity index is 3.23. The van der Waals surface area contributed by atoms with Crippen LogP contribution in [0.3, 0.4) is 0 Å². The second-order valence-electron chi connectivity index (χ2n) is 2.82. The molecule has 1 aromatic carbocycles. The molecule has 4 N–H and O–H groups in total. The van der Waals surface area contributed by atoms with Gasteiger partial charge in [-0.05, 0) is 6.07 Å². The van der Waals surface area contributed by atoms with Gasteiger partial charge in [0.2, 0.25) is 5.96 Å². The molecule has 0 unspecified atom stereocenters. The van der Waals surface area contributed by atoms with Crippen molar-refractivity contribution in [3.8, 4) is 0 Å². The lowest BCUT2D eigenvalue weighted by molar-refractivity contribution is -0.384. The number of nitro groups is 1. The van der Waals surface area contributed by atoms with Crippen LogP contribution in [0.2, 0.25) is 10.0 Å². The van der Waals surface area contributed by atoms with Crippen LogP contribution in [-0.2, 0) is 0 Å². The van der Waals surface area contributed by atoms with Gasteiger partial charge in [0.15, 0.2) is 0 Å². The fraction of sp³-hybridized carbons (Fsp3) is 0. The molecule has 90 valence electrons. The Hall–Kier alpha value is -1.86. The Kier molecular flexibility index (Phi) is 4.24. The summed E-state index contributed by atoms with van der Waals surface area (Å²) in [4.78, 5) is 10.0. The molecule has 17 heavy (non-hydrogen) atoms. The summed E-state index contributed by atoms with van der Waals surface area (Å²) < 4.78 is 0. The maximum Gasteiger partial charge on any atom is 0.288 e. The highest BCUT2D eigenvalue weighted by atomic mass is 35.5. The summed E-state index contributed by atoms with van der Waals surface area (Å²) in [5, 5.41) is 17.5. The molecule has 0 saturated heterocycles. The van der Waals surface area contributed by atoms with E-state index in [1.54, 1.807) is 0 Å². The molecule has 0 amide bonds. The van der Waals surface area contributed by atoms with E-state index in [2.05, 4.69) is 10.2 Å². The van der Waals surface area contributed by atoms with Crippen molar-refractivity contribution < 1.29 is 4.92 Å². The van der Waals surface area contributed by atoms with E-state index in [0.717, 1.165) is 6.21 Å². The Bertz CT molecular complexity index is 511. The lowest BCUT2D eigenvalue weighted by atomic mass is 10.2. The number of rotatable bonds is 3. The van der Waals surface area contributed by atoms with E-state index in [9.17, 15) is 10.1 Å². The van der Waals surface area contributed by atoms with Crippen molar-refractivity contribution in [2.45, 2.75) is 0 Å². The first-order valence-electron chi connectivity index (χ1n) is 4.18. The molecule has 0 spiro atoms. The zero-order valence-electron chi connectivity index (χ0n) is 8.30. The monoisotopic (exact) mass is 275 g/mol. The third-order valence-electron chi connectivity index (χ3n) is 1.66. The first kappa shape index (κ1) is 13.2. The molecule has 0 heterocycles. The van der Waals surface area contributed by atoms with E-state index in [1.807, 2.05) is 0 Å². The Morgan fingerprint density at radius 2 is 2.06 bits per heavy atom. The number of hydrogen-bond acceptors (Lipinski definition) is 4. The first-order valence-corrected chi connectivity index (χ1v) is 4.93. The van der Waals surface area contributed by atoms with Gasteiger partial charge in [0, 0.05) is 11.6 Å². The zero-order chi connectivity index (χ0) is 13.0. The van der Waals surface area contributed by atoms with Crippen molar-refractivity contribution in [3.63, 3.8) is 0 Å². The van der Waals surface area contributed by atoms with E-state index in [0.29, 0.717) is 0 Å². The lowest BCUT2D eigenvalue weighted by Gasteiger charge is -2.01. The number of nitrogens with two attached hydrogens (primary N) is 2. The third kappa shape index (κ3) is 3.30. The molecule has 0 aromatic heterocycles. The standard InChI is InChI=1S/C8H7Cl2N5O2/c9-5-1-2-6(15(16)17)7(10)4(5)3-13-14-8(11)12/h1-3H,(H4,11,12,14)/b13-3-. The summed E-state index contributed by atoms with van der Waals surface area (Å²) in [5.41, 5.74) is 10.00. The van der Waals surface area contributed by atoms with Gasteiger partial charge in [-0.2, -0.15) is 5.10 Å². The normalized spacial score (nSPS) is 10.5. The maximum absolute atomic E-state index is 10.6. The predicted octanol–water partition coefficient (Wildman–Crippen LogP) is 1.51. The molecular weight excluding hydrogens is 269 g/mol. The van der Waals surface area contributed by atoms with Crippen LogP contribution in [0.25, 0.3) is 0 Å². The minimum Gasteiger partial charge on any atom is -0.369 e. The summed E-state index contributed by atoms with van der Waals surface area (Å²) in [7, 11) is 0. The van der Waals surface area contributed by atoms with Gasteiger partial charge in [0.05, 0.1) is 16.2 Å². The number of guanidine groups is 1. The first-order chi connectivity index (χ1) is 7.93. The fourth-order valence-corrected chi connectivity index (χ4v) is 1.51. The summed E-state index contributed by atoms with van der Waals surface area (Å²) in [6, 6.07) is 2.53. The van der Waals surface area contributed by atoms with Crippen LogP contribution in [0, 0.1) is 10.1 Å². The van der Waals surface area contributed by atoms with Crippen LogP contribution < -0.4 is 11.5 Å². The molecule has 0 radical (unpaired) electrons. The minimum atomic E-state index is -0.628. The zero-order valence-corrected chi connectivity index (χ0v) is 9.81. The molecule has 0 aliphatic heterocycles. The van der Waals surface area contributed by atoms with Crippen molar-refractivity contribution >= 4 is 41.1 Å². The highest BCUT2D eigenvalue weighted by molar-refractivity contribution is 6.40. The van der Waals surface area contributed by atoms with Crippen molar-refractivity contribution in [2.75, 3.05) is 0 Å². The second kappa shape index (κ2) is 5.46. The molecule has 9 heteroatoms. The molecule has 1 rings (SSSR count). The van der Waals surface area contributed by atoms with Gasteiger partial charge >= 0.3 is 0 Å². The average Bonchev–Trinajstić information content (AvgIpc) is 2.21. The molecule has 0 aliphatic carbocycles. The molecule has 0 saturated carbocycles. The predicted molar refractivity (Wildman–Crippen MR) is 66.5 cm³/mol. The van der Waals surface area contributed by atoms with E-state index < -0.39 is 4.92 Å². The molecule has 0 bridgehead atoms. The summed E-state index contributed by atoms with van der Waals surface area (Å²) in [6.07, 6.45) is 1.14. The highest BCUT2D eigenvalue weighted by Crippen LogP contribution is 2.31. The Labute approximate surface area is 106 Å². The molecule has 0 fully saturated rings. The van der Waals surface area contributed by atoms with E-state index in [-0.39, 0.29) is 27.3 Å². The number of nitro benzene ring substituents is 1. The summed E-state index contributed by atoms with van der Waals surface area (Å²) >= 11 is 11.6. The number of nitrogens with zero attached hydrogens (tertiary/aromatic N) is 3. The van der Waals surface area contributed by atoms with Crippen LogP contribution in [0.1, 0.15) is 5.56 Å². The third-order valence-corrected chi connectivity index (χ3v) is 2.39. The molecule has 1 aromatic rings. The number of benzene rings is 1. The van der Waals surface area contributed by atoms with Crippen molar-refractivity contribution in [2.24, 2.45) is 21.7 Å². The minimum absolute atomic E-state index is 0.128. The van der Waals surface area contributed by atoms with Gasteiger partial charge in [-0.25, -0.2) is 0 Å². The second-order valence-corrected chi connectivity index (χ2v) is 3.61. The molecule has 0 atom stereocenters. The van der Waals surface area contributed by atoms with Gasteiger partial charge in [-0.15, -0.1) is 5.10 Å². The molecule has 7 nitrogen and oxygen atoms in total. The SMILES string of the molecule is NC(N)=N/N=C\c1c(Cl)ccc([N+](=O)[O-])c1Cl. The summed E-state index contributed by atoms with van der Waals surface area (Å²) in [5.74, 6) is -0.251. The highest BCUT2D eigenvalue weighted by Gasteiger charge is 2.17. The van der Waals surface area contributed by atoms with Crippen LogP contribution in [0.15, 0.2) is 22.3 Å². The van der Waals surface area contributed by atoms with Crippen LogP contribution >= 0.6 is 23.2 Å². The van der Waals surface area contributed by atoms with Crippen molar-refractivity contribution in [3.05, 3.63) is 37.9 Å². The van der Waals surface area contributed by atoms with E-state index >= 15 is 0 Å². The van der Waals surface area contributed by atoms with Gasteiger partial charge < -0.3 is 11.5 Å². The van der Waals surface area contributed by atoms with Crippen LogP contribution in [0.4, 0.5) is 5.69 Å². The maximum atomic E-state index is 10.6. The average molecular weight is 276 g/mol. The quantitative estimate of drug-likeness (QED) is 0.376. The van der Waals surface area contributed by atoms with E-state index in [4.69, 9.17) is 34.7 Å². The number of hydrogen-bond donors (Lipinski definition) is 2. The summed E-state index contributed by atoms with van der Waals surface area (Å²) in [6.45, 7) is 0. The number of halogens is 2. The van der Waals surface area contributed by atoms with Gasteiger partial charge in [0.1, 0.15) is 5.02 Å². The smallest absolute Gasteiger partial charge is 0.288 e. The molecular formula is C8H7Cl2N5O2. The Morgan fingerprint density at radius 3 is 2.59 bits per heavy atom. The Morgan fingerprint density at radius 1 is 1.41 bits per heavy atom. The largest absolute Gasteiger partial charge is 0.369 e. The topological polar surface area (TPSA) is 120 Å². The molecule has 0 aliphatic rings. The van der Waals surface area contributed by atoms with Crippen LogP contribution in [0.5, 0.6) is 0 Å². The van der Waals surface area contributed by atoms with Crippen LogP contribution in [-0.4, -0.2) is 17.1 Å². The van der Waals surface area contributed by atoms with Gasteiger partial charge in [0.25, 0.3) is 5.69 Å². The van der Waals surface area contributed by atoms with Crippen molar-refractivity contribution in [1.29, 1.82) is 0 Å². The van der Waals surface area contributed by atoms with E-state index in [1.165, 1.54) is 12.1 Å².